The molecule has 0 bridgehead atoms. The molecule has 0 radical (unpaired) electrons. The summed E-state index contributed by atoms with van der Waals surface area (Å²) in [6, 6.07) is 16.0. The van der Waals surface area contributed by atoms with E-state index < -0.39 is 0 Å². The van der Waals surface area contributed by atoms with Crippen molar-refractivity contribution in [3.05, 3.63) is 70.3 Å². The summed E-state index contributed by atoms with van der Waals surface area (Å²) < 4.78 is 0. The molecule has 0 heterocycles. The predicted molar refractivity (Wildman–Crippen MR) is 89.8 cm³/mol. The van der Waals surface area contributed by atoms with Gasteiger partial charge in [-0.2, -0.15) is 0 Å². The molecule has 2 aromatic carbocycles. The summed E-state index contributed by atoms with van der Waals surface area (Å²) in [5.41, 5.74) is 7.43. The van der Waals surface area contributed by atoms with Crippen molar-refractivity contribution in [2.45, 2.75) is 45.6 Å². The van der Waals surface area contributed by atoms with Crippen LogP contribution in [-0.4, -0.2) is 6.54 Å². The Morgan fingerprint density at radius 1 is 1.05 bits per heavy atom. The Bertz CT molecular complexity index is 609. The van der Waals surface area contributed by atoms with Crippen LogP contribution in [0.2, 0.25) is 0 Å². The molecule has 3 rings (SSSR count). The van der Waals surface area contributed by atoms with E-state index in [1.165, 1.54) is 29.5 Å². The molecular weight excluding hydrogens is 254 g/mol. The molecule has 21 heavy (non-hydrogen) atoms. The molecule has 1 nitrogen and oxygen atoms in total. The number of benzene rings is 2. The lowest BCUT2D eigenvalue weighted by Gasteiger charge is -2.34. The van der Waals surface area contributed by atoms with Crippen LogP contribution in [-0.2, 0) is 6.42 Å². The van der Waals surface area contributed by atoms with E-state index in [9.17, 15) is 0 Å². The molecule has 0 saturated heterocycles. The van der Waals surface area contributed by atoms with E-state index in [-0.39, 0.29) is 0 Å². The van der Waals surface area contributed by atoms with E-state index in [1.54, 1.807) is 11.1 Å². The number of hydrogen-bond donors (Lipinski definition) is 1. The van der Waals surface area contributed by atoms with Gasteiger partial charge in [-0.1, -0.05) is 49.4 Å². The first-order chi connectivity index (χ1) is 10.2. The highest BCUT2D eigenvalue weighted by molar-refractivity contribution is 5.42. The van der Waals surface area contributed by atoms with Crippen LogP contribution >= 0.6 is 0 Å². The molecule has 1 N–H and O–H groups in total. The minimum Gasteiger partial charge on any atom is -0.310 e. The van der Waals surface area contributed by atoms with Gasteiger partial charge in [0.1, 0.15) is 0 Å². The Morgan fingerprint density at radius 3 is 2.43 bits per heavy atom. The monoisotopic (exact) mass is 279 g/mol. The number of fused-ring (bicyclic) bond motifs is 1. The van der Waals surface area contributed by atoms with E-state index in [0.717, 1.165) is 6.54 Å². The molecule has 1 heteroatoms. The molecule has 0 spiro atoms. The van der Waals surface area contributed by atoms with Crippen molar-refractivity contribution in [2.75, 3.05) is 6.54 Å². The van der Waals surface area contributed by atoms with E-state index in [2.05, 4.69) is 68.6 Å². The minimum absolute atomic E-state index is 0.467. The summed E-state index contributed by atoms with van der Waals surface area (Å²) in [7, 11) is 0. The Hall–Kier alpha value is -1.60. The van der Waals surface area contributed by atoms with Gasteiger partial charge in [0.15, 0.2) is 0 Å². The first kappa shape index (κ1) is 14.3. The highest BCUT2D eigenvalue weighted by Crippen LogP contribution is 2.41. The molecule has 2 atom stereocenters. The summed E-state index contributed by atoms with van der Waals surface area (Å²) in [6.45, 7) is 7.70. The second kappa shape index (κ2) is 6.03. The topological polar surface area (TPSA) is 12.0 Å². The maximum Gasteiger partial charge on any atom is 0.0331 e. The molecule has 2 unspecified atom stereocenters. The number of aryl methyl sites for hydroxylation is 2. The fourth-order valence-corrected chi connectivity index (χ4v) is 3.78. The molecule has 0 aliphatic heterocycles. The third-order valence-corrected chi connectivity index (χ3v) is 4.82. The van der Waals surface area contributed by atoms with Crippen LogP contribution in [0.15, 0.2) is 42.5 Å². The van der Waals surface area contributed by atoms with Crippen molar-refractivity contribution in [1.29, 1.82) is 0 Å². The van der Waals surface area contributed by atoms with Crippen molar-refractivity contribution < 1.29 is 0 Å². The molecule has 0 amide bonds. The minimum atomic E-state index is 0.467. The highest BCUT2D eigenvalue weighted by atomic mass is 14.9. The summed E-state index contributed by atoms with van der Waals surface area (Å²) >= 11 is 0. The number of hydrogen-bond acceptors (Lipinski definition) is 1. The fourth-order valence-electron chi connectivity index (χ4n) is 3.78. The summed E-state index contributed by atoms with van der Waals surface area (Å²) in [4.78, 5) is 0. The third kappa shape index (κ3) is 2.75. The smallest absolute Gasteiger partial charge is 0.0331 e. The fraction of sp³-hybridized carbons (Fsp3) is 0.400. The molecule has 110 valence electrons. The number of nitrogens with one attached hydrogen (secondary N) is 1. The largest absolute Gasteiger partial charge is 0.310 e. The zero-order valence-corrected chi connectivity index (χ0v) is 13.3. The molecule has 2 aromatic rings. The number of rotatable bonds is 5. The van der Waals surface area contributed by atoms with Gasteiger partial charge in [-0.3, -0.25) is 0 Å². The van der Waals surface area contributed by atoms with Crippen molar-refractivity contribution in [3.63, 3.8) is 0 Å². The quantitative estimate of drug-likeness (QED) is 0.837. The summed E-state index contributed by atoms with van der Waals surface area (Å²) in [6.07, 6.45) is 2.44. The van der Waals surface area contributed by atoms with Crippen molar-refractivity contribution in [3.8, 4) is 0 Å². The van der Waals surface area contributed by atoms with Gasteiger partial charge < -0.3 is 5.32 Å². The van der Waals surface area contributed by atoms with E-state index in [4.69, 9.17) is 0 Å². The van der Waals surface area contributed by atoms with Gasteiger partial charge >= 0.3 is 0 Å². The first-order valence-electron chi connectivity index (χ1n) is 8.08. The lowest BCUT2D eigenvalue weighted by atomic mass is 9.73. The Morgan fingerprint density at radius 2 is 1.76 bits per heavy atom. The highest BCUT2D eigenvalue weighted by Gasteiger charge is 2.29. The molecular formula is C20H25N. The second-order valence-corrected chi connectivity index (χ2v) is 6.25. The first-order valence-corrected chi connectivity index (χ1v) is 8.08. The van der Waals surface area contributed by atoms with Gasteiger partial charge in [-0.05, 0) is 67.0 Å². The van der Waals surface area contributed by atoms with E-state index in [1.807, 2.05) is 0 Å². The normalized spacial score (nSPS) is 18.0. The lowest BCUT2D eigenvalue weighted by Crippen LogP contribution is -2.28. The predicted octanol–water partition coefficient (Wildman–Crippen LogP) is 4.68. The van der Waals surface area contributed by atoms with E-state index in [0.29, 0.717) is 12.0 Å². The van der Waals surface area contributed by atoms with Gasteiger partial charge in [0.2, 0.25) is 0 Å². The SMILES string of the molecule is CCNC(CC1Cc2ccccc21)c1c(C)cccc1C. The Balaban J connectivity index is 1.84. The second-order valence-electron chi connectivity index (χ2n) is 6.25. The molecule has 1 aliphatic rings. The van der Waals surface area contributed by atoms with Crippen molar-refractivity contribution >= 4 is 0 Å². The Labute approximate surface area is 128 Å². The van der Waals surface area contributed by atoms with Crippen LogP contribution in [0.3, 0.4) is 0 Å². The van der Waals surface area contributed by atoms with Crippen LogP contribution in [0.1, 0.15) is 53.1 Å². The Kier molecular flexibility index (Phi) is 4.12. The average Bonchev–Trinajstić information content (AvgIpc) is 2.44. The maximum atomic E-state index is 3.71. The van der Waals surface area contributed by atoms with Crippen molar-refractivity contribution in [2.24, 2.45) is 0 Å². The molecule has 1 aliphatic carbocycles. The van der Waals surface area contributed by atoms with Crippen LogP contribution in [0, 0.1) is 13.8 Å². The molecule has 0 saturated carbocycles. The van der Waals surface area contributed by atoms with Gasteiger partial charge in [0, 0.05) is 6.04 Å². The summed E-state index contributed by atoms with van der Waals surface area (Å²) in [5, 5.41) is 3.71. The van der Waals surface area contributed by atoms with Crippen LogP contribution < -0.4 is 5.32 Å². The van der Waals surface area contributed by atoms with Gasteiger partial charge in [-0.25, -0.2) is 0 Å². The van der Waals surface area contributed by atoms with Gasteiger partial charge in [0.25, 0.3) is 0 Å². The van der Waals surface area contributed by atoms with E-state index >= 15 is 0 Å². The molecule has 0 aromatic heterocycles. The van der Waals surface area contributed by atoms with Gasteiger partial charge in [-0.15, -0.1) is 0 Å². The van der Waals surface area contributed by atoms with Crippen LogP contribution in [0.25, 0.3) is 0 Å². The zero-order valence-electron chi connectivity index (χ0n) is 13.3. The van der Waals surface area contributed by atoms with Crippen molar-refractivity contribution in [1.82, 2.24) is 5.32 Å². The lowest BCUT2D eigenvalue weighted by molar-refractivity contribution is 0.433. The molecule has 0 fully saturated rings. The standard InChI is InChI=1S/C20H25N/c1-4-21-19(20-14(2)8-7-9-15(20)3)13-17-12-16-10-5-6-11-18(16)17/h5-11,17,19,21H,4,12-13H2,1-3H3. The third-order valence-electron chi connectivity index (χ3n) is 4.82. The van der Waals surface area contributed by atoms with Crippen LogP contribution in [0.5, 0.6) is 0 Å². The zero-order chi connectivity index (χ0) is 14.8. The average molecular weight is 279 g/mol. The van der Waals surface area contributed by atoms with Crippen LogP contribution in [0.4, 0.5) is 0 Å². The van der Waals surface area contributed by atoms with Gasteiger partial charge in [0.05, 0.1) is 0 Å². The maximum absolute atomic E-state index is 3.71. The summed E-state index contributed by atoms with van der Waals surface area (Å²) in [5.74, 6) is 0.712.